The van der Waals surface area contributed by atoms with E-state index in [1.807, 2.05) is 0 Å². The monoisotopic (exact) mass is 1470 g/mol. The van der Waals surface area contributed by atoms with Gasteiger partial charge in [0.2, 0.25) is 0 Å². The number of fused-ring (bicyclic) bond motifs is 3. The zero-order valence-corrected chi connectivity index (χ0v) is 56.9. The molecule has 0 bridgehead atoms. The Bertz CT molecular complexity index is 3830. The molecule has 0 spiro atoms. The summed E-state index contributed by atoms with van der Waals surface area (Å²) < 4.78 is 188. The van der Waals surface area contributed by atoms with Crippen molar-refractivity contribution in [1.82, 2.24) is 36.2 Å². The highest BCUT2D eigenvalue weighted by Gasteiger charge is 2.45. The van der Waals surface area contributed by atoms with Crippen LogP contribution in [0.15, 0.2) is 28.3 Å². The number of ether oxygens (including phenoxy) is 2. The largest absolute Gasteiger partial charge is 0.462 e. The lowest BCUT2D eigenvalue weighted by atomic mass is 9.85. The number of rotatable bonds is 16. The zero-order valence-electron chi connectivity index (χ0n) is 53.6. The molecule has 3 aliphatic carbocycles. The zero-order chi connectivity index (χ0) is 70.1. The van der Waals surface area contributed by atoms with Crippen LogP contribution in [0.3, 0.4) is 0 Å². The normalized spacial score (nSPS) is 19.8. The van der Waals surface area contributed by atoms with E-state index < -0.39 is 81.4 Å². The number of esters is 2. The minimum atomic E-state index is -4.99. The molecule has 4 N–H and O–H groups in total. The van der Waals surface area contributed by atoms with Crippen LogP contribution in [0.25, 0.3) is 30.6 Å². The predicted molar refractivity (Wildman–Crippen MR) is 348 cm³/mol. The molecule has 1 unspecified atom stereocenters. The van der Waals surface area contributed by atoms with E-state index in [0.717, 1.165) is 54.1 Å². The smallest absolute Gasteiger partial charge is 0.420 e. The third-order valence-corrected chi connectivity index (χ3v) is 21.0. The van der Waals surface area contributed by atoms with Gasteiger partial charge in [-0.15, -0.1) is 46.4 Å². The van der Waals surface area contributed by atoms with Crippen LogP contribution in [-0.2, 0) is 37.6 Å². The number of nitrogens with one attached hydrogen (secondary N) is 4. The van der Waals surface area contributed by atoms with Crippen molar-refractivity contribution in [3.05, 3.63) is 67.5 Å². The number of halogens is 14. The highest BCUT2D eigenvalue weighted by molar-refractivity contribution is 7.18. The van der Waals surface area contributed by atoms with E-state index in [-0.39, 0.29) is 135 Å². The standard InChI is InChI=1S/C23H27F7N4OS.C21H24F3N3O3S.C20H22F3N3O3S.ClH/c1-11(2)31-21(35)15-10-36-19-16(23(28,29)30)17(24)20(33-18(15)19)34-8-7-14(9-34)32-13-5-3-12(4-6-13)22(25,26)27;1-25-20(29)14-11-31-19-15(21(22,23)24)10-16(26-18(14)19)27-8-6-13(7-9-27)30-17(28)5-4-12-2-3-12;1-24-19(28)13-10-30-18-14(20(21,22)23)9-15(25-17(13)18)26-6-4-12(5-7-26)29-16(27)8-11-2-3-11;/h10-14,32H,3-9H2,1-2H3,(H,31,35);10-13H,2-9H2,1H3,(H,25,29);9-12H,2-8H2,1H3,(H,24,28);1H. The van der Waals surface area contributed by atoms with Crippen molar-refractivity contribution >= 4 is 124 Å². The summed E-state index contributed by atoms with van der Waals surface area (Å²) in [6.45, 7) is 5.50. The maximum atomic E-state index is 15.3. The van der Waals surface area contributed by atoms with Gasteiger partial charge in [0, 0.05) is 126 Å². The average Bonchev–Trinajstić information content (AvgIpc) is 1.57. The molecule has 9 heterocycles. The van der Waals surface area contributed by atoms with Crippen molar-refractivity contribution in [2.45, 2.75) is 172 Å². The van der Waals surface area contributed by atoms with E-state index in [2.05, 4.69) is 36.2 Å². The molecule has 6 fully saturated rings. The van der Waals surface area contributed by atoms with Gasteiger partial charge in [0.15, 0.2) is 11.6 Å². The Labute approximate surface area is 573 Å². The fourth-order valence-corrected chi connectivity index (χ4v) is 15.6. The summed E-state index contributed by atoms with van der Waals surface area (Å²) >= 11 is 2.35. The SMILES string of the molecule is CC(C)NC(=O)c1csc2c(C(F)(F)F)c(F)c(N3CCC(NC4CCC(C(F)(F)F)CC4)C3)nc12.CNC(=O)c1csc2c(C(F)(F)F)cc(N3CCC(OC(=O)CC4CC4)CC3)nc12.CNC(=O)c1csc2c(C(F)(F)F)cc(N3CCC(OC(=O)CCC4CC4)CC3)nc12.Cl. The van der Waals surface area contributed by atoms with Gasteiger partial charge in [0.1, 0.15) is 29.4 Å². The van der Waals surface area contributed by atoms with Crippen LogP contribution in [0.4, 0.5) is 74.5 Å². The fraction of sp³-hybridized carbons (Fsp3) is 0.594. The van der Waals surface area contributed by atoms with Crippen LogP contribution in [0.5, 0.6) is 0 Å². The van der Waals surface area contributed by atoms with Crippen LogP contribution in [0, 0.1) is 23.6 Å². The number of carbonyl (C=O) groups excluding carboxylic acids is 5. The van der Waals surface area contributed by atoms with Crippen LogP contribution in [0.2, 0.25) is 0 Å². The van der Waals surface area contributed by atoms with E-state index in [4.69, 9.17) is 9.47 Å². The molecule has 98 heavy (non-hydrogen) atoms. The van der Waals surface area contributed by atoms with Gasteiger partial charge in [-0.1, -0.05) is 12.8 Å². The summed E-state index contributed by atoms with van der Waals surface area (Å²) in [6, 6.07) is 1.48. The molecule has 0 aromatic carbocycles. The Balaban J connectivity index is 0.000000172. The molecule has 0 radical (unpaired) electrons. The molecule has 17 nitrogen and oxygen atoms in total. The summed E-state index contributed by atoms with van der Waals surface area (Å²) in [4.78, 5) is 78.5. The second-order valence-electron chi connectivity index (χ2n) is 25.6. The number of pyridine rings is 3. The van der Waals surface area contributed by atoms with Crippen LogP contribution in [-0.4, -0.2) is 134 Å². The number of hydrogen-bond donors (Lipinski definition) is 4. The molecule has 3 saturated heterocycles. The molecular formula is C64H74ClF13N10O7S3. The van der Waals surface area contributed by atoms with Gasteiger partial charge >= 0.3 is 36.6 Å². The second-order valence-corrected chi connectivity index (χ2v) is 28.3. The van der Waals surface area contributed by atoms with Gasteiger partial charge < -0.3 is 45.4 Å². The van der Waals surface area contributed by atoms with Gasteiger partial charge in [0.05, 0.1) is 64.4 Å². The van der Waals surface area contributed by atoms with E-state index >= 15 is 4.39 Å². The number of carbonyl (C=O) groups is 5. The van der Waals surface area contributed by atoms with Gasteiger partial charge in [-0.25, -0.2) is 19.3 Å². The molecule has 6 aromatic rings. The average molecular weight is 1470 g/mol. The molecule has 538 valence electrons. The number of anilines is 3. The maximum Gasteiger partial charge on any atom is 0.420 e. The highest BCUT2D eigenvalue weighted by Crippen LogP contribution is 2.46. The van der Waals surface area contributed by atoms with Crippen molar-refractivity contribution in [1.29, 1.82) is 0 Å². The number of amides is 3. The number of piperidine rings is 2. The van der Waals surface area contributed by atoms with Crippen molar-refractivity contribution in [3.8, 4) is 0 Å². The van der Waals surface area contributed by atoms with Gasteiger partial charge in [-0.3, -0.25) is 24.0 Å². The first-order chi connectivity index (χ1) is 45.8. The maximum absolute atomic E-state index is 15.3. The summed E-state index contributed by atoms with van der Waals surface area (Å²) in [6.07, 6.45) is -9.14. The number of alkyl halides is 12. The van der Waals surface area contributed by atoms with E-state index in [1.165, 1.54) is 48.0 Å². The number of thiophene rings is 3. The Hall–Kier alpha value is -6.58. The Morgan fingerprint density at radius 1 is 0.551 bits per heavy atom. The number of nitrogens with zero attached hydrogens (tertiary/aromatic N) is 6. The first-order valence-electron chi connectivity index (χ1n) is 32.2. The molecule has 12 rings (SSSR count). The van der Waals surface area contributed by atoms with E-state index in [9.17, 15) is 76.7 Å². The quantitative estimate of drug-likeness (QED) is 0.0527. The van der Waals surface area contributed by atoms with Gasteiger partial charge in [0.25, 0.3) is 17.7 Å². The summed E-state index contributed by atoms with van der Waals surface area (Å²) in [5, 5.41) is 14.9. The third kappa shape index (κ3) is 18.5. The van der Waals surface area contributed by atoms with E-state index in [1.54, 1.807) is 23.6 Å². The van der Waals surface area contributed by atoms with Crippen LogP contribution in [0.1, 0.15) is 164 Å². The topological polar surface area (TPSA) is 200 Å². The number of hydrogen-bond acceptors (Lipinski definition) is 17. The lowest BCUT2D eigenvalue weighted by molar-refractivity contribution is -0.182. The predicted octanol–water partition coefficient (Wildman–Crippen LogP) is 14.7. The van der Waals surface area contributed by atoms with Crippen LogP contribution < -0.4 is 36.0 Å². The molecule has 6 aromatic heterocycles. The van der Waals surface area contributed by atoms with Crippen molar-refractivity contribution in [2.24, 2.45) is 17.8 Å². The minimum absolute atomic E-state index is 0. The minimum Gasteiger partial charge on any atom is -0.462 e. The Kier molecular flexibility index (Phi) is 24.0. The van der Waals surface area contributed by atoms with Crippen LogP contribution >= 0.6 is 46.4 Å². The Morgan fingerprint density at radius 2 is 1.00 bits per heavy atom. The molecule has 3 saturated carbocycles. The molecule has 3 aliphatic heterocycles. The van der Waals surface area contributed by atoms with E-state index in [0.29, 0.717) is 107 Å². The van der Waals surface area contributed by atoms with Crippen molar-refractivity contribution in [2.75, 3.05) is 68.1 Å². The first kappa shape index (κ1) is 75.6. The van der Waals surface area contributed by atoms with Gasteiger partial charge in [-0.2, -0.15) is 52.7 Å². The van der Waals surface area contributed by atoms with Gasteiger partial charge in [-0.05, 0) is 89.2 Å². The fourth-order valence-electron chi connectivity index (χ4n) is 12.5. The molecular weight excluding hydrogens is 1400 g/mol. The molecule has 34 heteroatoms. The second kappa shape index (κ2) is 31.1. The lowest BCUT2D eigenvalue weighted by Crippen LogP contribution is -2.43. The summed E-state index contributed by atoms with van der Waals surface area (Å²) in [7, 11) is 2.85. The Morgan fingerprint density at radius 3 is 1.44 bits per heavy atom. The summed E-state index contributed by atoms with van der Waals surface area (Å²) in [5.41, 5.74) is -2.90. The summed E-state index contributed by atoms with van der Waals surface area (Å²) in [5.74, 6) is -3.72. The first-order valence-corrected chi connectivity index (χ1v) is 34.8. The highest BCUT2D eigenvalue weighted by atomic mass is 35.5. The molecule has 1 atom stereocenters. The molecule has 3 amide bonds. The third-order valence-electron chi connectivity index (χ3n) is 18.0. The number of aromatic nitrogens is 3. The lowest BCUT2D eigenvalue weighted by Gasteiger charge is -2.33. The van der Waals surface area contributed by atoms with Crippen molar-refractivity contribution in [3.63, 3.8) is 0 Å². The molecule has 6 aliphatic rings. The van der Waals surface area contributed by atoms with Crippen molar-refractivity contribution < 1.29 is 90.5 Å².